The highest BCUT2D eigenvalue weighted by molar-refractivity contribution is 7.91. The molecule has 2 amide bonds. The lowest BCUT2D eigenvalue weighted by Crippen LogP contribution is -2.50. The van der Waals surface area contributed by atoms with Crippen LogP contribution in [0.15, 0.2) is 4.34 Å². The summed E-state index contributed by atoms with van der Waals surface area (Å²) in [5, 5.41) is 9.52. The number of rotatable bonds is 5. The first-order chi connectivity index (χ1) is 10.8. The molecule has 1 aliphatic heterocycles. The van der Waals surface area contributed by atoms with Gasteiger partial charge in [0.25, 0.3) is 10.0 Å². The summed E-state index contributed by atoms with van der Waals surface area (Å²) in [5.41, 5.74) is 0. The number of morpholine rings is 1. The average molecular weight is 363 g/mol. The minimum Gasteiger partial charge on any atom is -0.378 e. The molecule has 0 saturated carbocycles. The second kappa shape index (κ2) is 7.29. The highest BCUT2D eigenvalue weighted by atomic mass is 32.2. The van der Waals surface area contributed by atoms with E-state index >= 15 is 0 Å². The van der Waals surface area contributed by atoms with Gasteiger partial charge in [-0.2, -0.15) is 4.72 Å². The van der Waals surface area contributed by atoms with Gasteiger partial charge in [-0.15, -0.1) is 10.2 Å². The summed E-state index contributed by atoms with van der Waals surface area (Å²) in [6.07, 6.45) is 0. The predicted octanol–water partition coefficient (Wildman–Crippen LogP) is -0.978. The molecule has 2 heterocycles. The Morgan fingerprint density at radius 1 is 1.30 bits per heavy atom. The number of sulfonamides is 1. The minimum absolute atomic E-state index is 0.0741. The van der Waals surface area contributed by atoms with Crippen LogP contribution in [0.5, 0.6) is 0 Å². The summed E-state index contributed by atoms with van der Waals surface area (Å²) in [4.78, 5) is 24.7. The number of ether oxygens (including phenoxy) is 1. The molecule has 0 aromatic carbocycles. The van der Waals surface area contributed by atoms with Crippen molar-refractivity contribution in [3.63, 3.8) is 0 Å². The van der Waals surface area contributed by atoms with E-state index < -0.39 is 16.1 Å². The van der Waals surface area contributed by atoms with Crippen LogP contribution in [-0.2, 0) is 24.3 Å². The van der Waals surface area contributed by atoms with Gasteiger partial charge in [-0.3, -0.25) is 9.59 Å². The number of amides is 2. The molecule has 12 heteroatoms. The lowest BCUT2D eigenvalue weighted by atomic mass is 10.3. The first kappa shape index (κ1) is 17.7. The standard InChI is InChI=1S/C11H17N5O5S2/c1-7(9(18)16-3-5-21-6-4-16)15-23(19,20)11-14-13-10(22-11)12-8(2)17/h7,15H,3-6H2,1-2H3,(H,12,13,17)/t7-/m0/s1. The summed E-state index contributed by atoms with van der Waals surface area (Å²) < 4.78 is 31.5. The molecule has 10 nitrogen and oxygen atoms in total. The maximum absolute atomic E-state index is 12.2. The van der Waals surface area contributed by atoms with E-state index in [9.17, 15) is 18.0 Å². The molecule has 2 N–H and O–H groups in total. The molecule has 1 saturated heterocycles. The van der Waals surface area contributed by atoms with E-state index in [-0.39, 0.29) is 21.3 Å². The molecule has 0 unspecified atom stereocenters. The molecule has 23 heavy (non-hydrogen) atoms. The molecule has 1 aromatic heterocycles. The largest absolute Gasteiger partial charge is 0.378 e. The van der Waals surface area contributed by atoms with Crippen LogP contribution in [0.3, 0.4) is 0 Å². The molecule has 128 valence electrons. The highest BCUT2D eigenvalue weighted by Gasteiger charge is 2.29. The molecule has 1 aliphatic rings. The van der Waals surface area contributed by atoms with E-state index in [2.05, 4.69) is 20.2 Å². The van der Waals surface area contributed by atoms with Crippen LogP contribution in [0.1, 0.15) is 13.8 Å². The Morgan fingerprint density at radius 2 is 1.96 bits per heavy atom. The van der Waals surface area contributed by atoms with E-state index in [0.29, 0.717) is 37.6 Å². The molecule has 0 bridgehead atoms. The zero-order valence-corrected chi connectivity index (χ0v) is 14.2. The van der Waals surface area contributed by atoms with Crippen LogP contribution in [0, 0.1) is 0 Å². The Hall–Kier alpha value is -1.63. The third-order valence-corrected chi connectivity index (χ3v) is 5.69. The average Bonchev–Trinajstić information content (AvgIpc) is 2.95. The Labute approximate surface area is 137 Å². The summed E-state index contributed by atoms with van der Waals surface area (Å²) >= 11 is 0.708. The summed E-state index contributed by atoms with van der Waals surface area (Å²) in [6, 6.07) is -0.939. The van der Waals surface area contributed by atoms with Gasteiger partial charge < -0.3 is 15.0 Å². The van der Waals surface area contributed by atoms with E-state index in [1.54, 1.807) is 4.90 Å². The minimum atomic E-state index is -3.99. The fourth-order valence-corrected chi connectivity index (χ4v) is 4.07. The van der Waals surface area contributed by atoms with Crippen molar-refractivity contribution in [2.75, 3.05) is 31.6 Å². The number of anilines is 1. The quantitative estimate of drug-likeness (QED) is 0.643. The van der Waals surface area contributed by atoms with Gasteiger partial charge in [-0.05, 0) is 6.92 Å². The first-order valence-electron chi connectivity index (χ1n) is 6.79. The van der Waals surface area contributed by atoms with E-state index in [4.69, 9.17) is 4.74 Å². The zero-order chi connectivity index (χ0) is 17.0. The van der Waals surface area contributed by atoms with Crippen LogP contribution in [0.25, 0.3) is 0 Å². The second-order valence-corrected chi connectivity index (χ2v) is 7.70. The fourth-order valence-electron chi connectivity index (χ4n) is 1.91. The number of carbonyl (C=O) groups excluding carboxylic acids is 2. The van der Waals surface area contributed by atoms with Gasteiger partial charge in [0.15, 0.2) is 0 Å². The lowest BCUT2D eigenvalue weighted by Gasteiger charge is -2.29. The molecule has 0 spiro atoms. The number of carbonyl (C=O) groups is 2. The molecule has 2 rings (SSSR count). The fraction of sp³-hybridized carbons (Fsp3) is 0.636. The Kier molecular flexibility index (Phi) is 5.62. The monoisotopic (exact) mass is 363 g/mol. The predicted molar refractivity (Wildman–Crippen MR) is 81.4 cm³/mol. The van der Waals surface area contributed by atoms with Crippen molar-refractivity contribution in [3.8, 4) is 0 Å². The number of hydrogen-bond acceptors (Lipinski definition) is 8. The smallest absolute Gasteiger partial charge is 0.270 e. The van der Waals surface area contributed by atoms with Crippen molar-refractivity contribution in [2.24, 2.45) is 0 Å². The molecular weight excluding hydrogens is 346 g/mol. The highest BCUT2D eigenvalue weighted by Crippen LogP contribution is 2.20. The molecule has 1 atom stereocenters. The normalized spacial score (nSPS) is 16.9. The van der Waals surface area contributed by atoms with Gasteiger partial charge in [0.2, 0.25) is 21.3 Å². The molecule has 1 aromatic rings. The van der Waals surface area contributed by atoms with E-state index in [1.165, 1.54) is 13.8 Å². The Balaban J connectivity index is 2.03. The van der Waals surface area contributed by atoms with Crippen molar-refractivity contribution in [1.82, 2.24) is 19.8 Å². The van der Waals surface area contributed by atoms with Gasteiger partial charge in [-0.1, -0.05) is 11.3 Å². The lowest BCUT2D eigenvalue weighted by molar-refractivity contribution is -0.136. The molecule has 1 fully saturated rings. The Morgan fingerprint density at radius 3 is 2.57 bits per heavy atom. The van der Waals surface area contributed by atoms with Crippen molar-refractivity contribution < 1.29 is 22.7 Å². The van der Waals surface area contributed by atoms with Crippen LogP contribution in [0.4, 0.5) is 5.13 Å². The zero-order valence-electron chi connectivity index (χ0n) is 12.6. The van der Waals surface area contributed by atoms with E-state index in [0.717, 1.165) is 0 Å². The third-order valence-electron chi connectivity index (χ3n) is 2.94. The summed E-state index contributed by atoms with van der Waals surface area (Å²) in [6.45, 7) is 4.46. The number of aromatic nitrogens is 2. The van der Waals surface area contributed by atoms with Gasteiger partial charge >= 0.3 is 0 Å². The maximum Gasteiger partial charge on any atom is 0.270 e. The maximum atomic E-state index is 12.2. The van der Waals surface area contributed by atoms with Crippen molar-refractivity contribution in [3.05, 3.63) is 0 Å². The second-order valence-electron chi connectivity index (χ2n) is 4.83. The SMILES string of the molecule is CC(=O)Nc1nnc(S(=O)(=O)N[C@@H](C)C(=O)N2CCOCC2)s1. The van der Waals surface area contributed by atoms with E-state index in [1.807, 2.05) is 0 Å². The summed E-state index contributed by atoms with van der Waals surface area (Å²) in [5.74, 6) is -0.711. The molecule has 0 radical (unpaired) electrons. The summed E-state index contributed by atoms with van der Waals surface area (Å²) in [7, 11) is -3.99. The van der Waals surface area contributed by atoms with Crippen molar-refractivity contribution in [2.45, 2.75) is 24.2 Å². The number of nitrogens with one attached hydrogen (secondary N) is 2. The third kappa shape index (κ3) is 4.67. The topological polar surface area (TPSA) is 131 Å². The van der Waals surface area contributed by atoms with Crippen molar-refractivity contribution in [1.29, 1.82) is 0 Å². The molecule has 0 aliphatic carbocycles. The van der Waals surface area contributed by atoms with Crippen molar-refractivity contribution >= 4 is 38.3 Å². The Bertz CT molecular complexity index is 683. The van der Waals surface area contributed by atoms with Gasteiger partial charge in [0.1, 0.15) is 0 Å². The van der Waals surface area contributed by atoms with Crippen LogP contribution >= 0.6 is 11.3 Å². The number of hydrogen-bond donors (Lipinski definition) is 2. The van der Waals surface area contributed by atoms with Crippen LogP contribution in [-0.4, -0.2) is 67.7 Å². The molecular formula is C11H17N5O5S2. The van der Waals surface area contributed by atoms with Crippen LogP contribution in [0.2, 0.25) is 0 Å². The van der Waals surface area contributed by atoms with Gasteiger partial charge in [0, 0.05) is 20.0 Å². The van der Waals surface area contributed by atoms with Gasteiger partial charge in [0.05, 0.1) is 19.3 Å². The number of nitrogens with zero attached hydrogens (tertiary/aromatic N) is 3. The van der Waals surface area contributed by atoms with Gasteiger partial charge in [-0.25, -0.2) is 8.42 Å². The van der Waals surface area contributed by atoms with Crippen LogP contribution < -0.4 is 10.0 Å². The first-order valence-corrected chi connectivity index (χ1v) is 9.09.